The zero-order valence-corrected chi connectivity index (χ0v) is 12.2. The summed E-state index contributed by atoms with van der Waals surface area (Å²) in [4.78, 5) is 22.2. The van der Waals surface area contributed by atoms with Crippen LogP contribution in [0.2, 0.25) is 5.02 Å². The summed E-state index contributed by atoms with van der Waals surface area (Å²) >= 11 is 6.85. The Kier molecular flexibility index (Phi) is 4.55. The van der Waals surface area contributed by atoms with Crippen molar-refractivity contribution in [2.24, 2.45) is 5.10 Å². The summed E-state index contributed by atoms with van der Waals surface area (Å²) in [7, 11) is 0. The van der Waals surface area contributed by atoms with Gasteiger partial charge in [-0.25, -0.2) is 5.43 Å². The summed E-state index contributed by atoms with van der Waals surface area (Å²) in [5.74, 6) is -0.458. The van der Waals surface area contributed by atoms with Gasteiger partial charge in [-0.3, -0.25) is 14.9 Å². The topological polar surface area (TPSA) is 110 Å². The third-order valence-corrected chi connectivity index (χ3v) is 3.59. The minimum absolute atomic E-state index is 0.116. The lowest BCUT2D eigenvalue weighted by Gasteiger charge is -1.99. The van der Waals surface area contributed by atoms with E-state index >= 15 is 0 Å². The molecule has 0 radical (unpaired) electrons. The number of hydrogen-bond acceptors (Lipinski definition) is 7. The zero-order valence-electron chi connectivity index (χ0n) is 10.6. The Balaban J connectivity index is 2.11. The van der Waals surface area contributed by atoms with Crippen LogP contribution in [0.4, 0.5) is 5.69 Å². The number of aryl methyl sites for hydroxylation is 1. The van der Waals surface area contributed by atoms with Crippen molar-refractivity contribution < 1.29 is 9.72 Å². The van der Waals surface area contributed by atoms with E-state index in [4.69, 9.17) is 11.6 Å². The number of hydrogen-bond donors (Lipinski definition) is 1. The van der Waals surface area contributed by atoms with Crippen molar-refractivity contribution in [2.45, 2.75) is 6.92 Å². The Morgan fingerprint density at radius 2 is 2.33 bits per heavy atom. The molecule has 0 aliphatic carbocycles. The van der Waals surface area contributed by atoms with Crippen LogP contribution in [-0.4, -0.2) is 26.6 Å². The number of nitrogens with one attached hydrogen (secondary N) is 1. The molecule has 108 valence electrons. The highest BCUT2D eigenvalue weighted by Crippen LogP contribution is 2.20. The number of carbonyl (C=O) groups excluding carboxylic acids is 1. The van der Waals surface area contributed by atoms with Gasteiger partial charge in [0.25, 0.3) is 11.6 Å². The molecule has 1 aromatic carbocycles. The van der Waals surface area contributed by atoms with E-state index in [2.05, 4.69) is 20.1 Å². The Morgan fingerprint density at radius 1 is 1.57 bits per heavy atom. The van der Waals surface area contributed by atoms with Crippen LogP contribution in [-0.2, 0) is 0 Å². The van der Waals surface area contributed by atoms with Crippen LogP contribution in [0, 0.1) is 17.0 Å². The monoisotopic (exact) mass is 325 g/mol. The summed E-state index contributed by atoms with van der Waals surface area (Å²) in [6.45, 7) is 1.65. The second-order valence-corrected chi connectivity index (χ2v) is 5.01. The molecule has 2 rings (SSSR count). The van der Waals surface area contributed by atoms with Gasteiger partial charge in [-0.05, 0) is 24.5 Å². The van der Waals surface area contributed by atoms with E-state index in [1.165, 1.54) is 24.4 Å². The first-order chi connectivity index (χ1) is 9.99. The smallest absolute Gasteiger partial charge is 0.266 e. The van der Waals surface area contributed by atoms with Crippen LogP contribution in [0.5, 0.6) is 0 Å². The number of nitrogens with zero attached hydrogens (tertiary/aromatic N) is 4. The second kappa shape index (κ2) is 6.37. The van der Waals surface area contributed by atoms with Gasteiger partial charge in [-0.2, -0.15) is 5.10 Å². The molecule has 10 heteroatoms. The first-order valence-electron chi connectivity index (χ1n) is 5.55. The van der Waals surface area contributed by atoms with Gasteiger partial charge >= 0.3 is 0 Å². The summed E-state index contributed by atoms with van der Waals surface area (Å²) in [6.07, 6.45) is 1.23. The number of hydrazone groups is 1. The minimum atomic E-state index is -0.543. The first-order valence-corrected chi connectivity index (χ1v) is 6.70. The molecule has 2 aromatic rings. The lowest BCUT2D eigenvalue weighted by Crippen LogP contribution is -2.17. The van der Waals surface area contributed by atoms with E-state index in [0.29, 0.717) is 16.1 Å². The Morgan fingerprint density at radius 3 is 2.95 bits per heavy atom. The Labute approximate surface area is 127 Å². The van der Waals surface area contributed by atoms with E-state index < -0.39 is 10.8 Å². The van der Waals surface area contributed by atoms with Gasteiger partial charge in [0.1, 0.15) is 4.88 Å². The fourth-order valence-corrected chi connectivity index (χ4v) is 2.11. The molecule has 0 fully saturated rings. The number of carbonyl (C=O) groups is 1. The maximum Gasteiger partial charge on any atom is 0.285 e. The normalized spacial score (nSPS) is 10.8. The average molecular weight is 326 g/mol. The predicted molar refractivity (Wildman–Crippen MR) is 77.8 cm³/mol. The SMILES string of the molecule is Cc1nnsc1C(=O)NN=Cc1cc([N+](=O)[O-])ccc1Cl. The molecule has 0 atom stereocenters. The molecule has 21 heavy (non-hydrogen) atoms. The number of rotatable bonds is 4. The number of amides is 1. The van der Waals surface area contributed by atoms with Crippen molar-refractivity contribution in [2.75, 3.05) is 0 Å². The van der Waals surface area contributed by atoms with Gasteiger partial charge in [0, 0.05) is 22.7 Å². The van der Waals surface area contributed by atoms with Gasteiger partial charge in [0.15, 0.2) is 0 Å². The highest BCUT2D eigenvalue weighted by atomic mass is 35.5. The van der Waals surface area contributed by atoms with Gasteiger partial charge in [0.05, 0.1) is 16.8 Å². The second-order valence-electron chi connectivity index (χ2n) is 3.85. The number of non-ortho nitro benzene ring substituents is 1. The largest absolute Gasteiger partial charge is 0.285 e. The highest BCUT2D eigenvalue weighted by Gasteiger charge is 2.12. The van der Waals surface area contributed by atoms with Gasteiger partial charge in [-0.15, -0.1) is 5.10 Å². The van der Waals surface area contributed by atoms with Gasteiger partial charge in [0.2, 0.25) is 0 Å². The van der Waals surface area contributed by atoms with E-state index in [1.54, 1.807) is 6.92 Å². The molecular weight excluding hydrogens is 318 g/mol. The van der Waals surface area contributed by atoms with Gasteiger partial charge < -0.3 is 0 Å². The lowest BCUT2D eigenvalue weighted by atomic mass is 10.2. The van der Waals surface area contributed by atoms with Crippen molar-refractivity contribution >= 4 is 40.9 Å². The van der Waals surface area contributed by atoms with E-state index in [-0.39, 0.29) is 10.7 Å². The van der Waals surface area contributed by atoms with Crippen LogP contribution >= 0.6 is 23.1 Å². The van der Waals surface area contributed by atoms with Crippen LogP contribution in [0.15, 0.2) is 23.3 Å². The third kappa shape index (κ3) is 3.58. The average Bonchev–Trinajstić information content (AvgIpc) is 2.86. The molecule has 0 unspecified atom stereocenters. The summed E-state index contributed by atoms with van der Waals surface area (Å²) < 4.78 is 3.64. The van der Waals surface area contributed by atoms with Crippen molar-refractivity contribution in [3.05, 3.63) is 49.5 Å². The fourth-order valence-electron chi connectivity index (χ4n) is 1.39. The van der Waals surface area contributed by atoms with Crippen molar-refractivity contribution in [1.82, 2.24) is 15.0 Å². The number of halogens is 1. The van der Waals surface area contributed by atoms with Crippen LogP contribution in [0.25, 0.3) is 0 Å². The number of aromatic nitrogens is 2. The van der Waals surface area contributed by atoms with Gasteiger partial charge in [-0.1, -0.05) is 16.1 Å². The quantitative estimate of drug-likeness (QED) is 0.526. The number of benzene rings is 1. The maximum atomic E-state index is 11.7. The fraction of sp³-hybridized carbons (Fsp3) is 0.0909. The zero-order chi connectivity index (χ0) is 15.4. The highest BCUT2D eigenvalue weighted by molar-refractivity contribution is 7.07. The summed E-state index contributed by atoms with van der Waals surface area (Å²) in [5.41, 5.74) is 2.99. The maximum absolute atomic E-state index is 11.7. The molecule has 8 nitrogen and oxygen atoms in total. The number of nitro groups is 1. The molecule has 1 aromatic heterocycles. The van der Waals surface area contributed by atoms with Crippen LogP contribution < -0.4 is 5.43 Å². The Hall–Kier alpha value is -2.39. The molecule has 0 saturated heterocycles. The van der Waals surface area contributed by atoms with E-state index in [9.17, 15) is 14.9 Å². The van der Waals surface area contributed by atoms with Crippen molar-refractivity contribution in [3.8, 4) is 0 Å². The van der Waals surface area contributed by atoms with Crippen LogP contribution in [0.1, 0.15) is 20.9 Å². The molecule has 0 aliphatic rings. The molecule has 0 bridgehead atoms. The van der Waals surface area contributed by atoms with E-state index in [1.807, 2.05) is 0 Å². The summed E-state index contributed by atoms with van der Waals surface area (Å²) in [5, 5.41) is 18.4. The molecular formula is C11H8ClN5O3S. The predicted octanol–water partition coefficient (Wildman–Crippen LogP) is 2.17. The minimum Gasteiger partial charge on any atom is -0.266 e. The number of nitro benzene ring substituents is 1. The molecule has 0 aliphatic heterocycles. The molecule has 1 N–H and O–H groups in total. The first kappa shape index (κ1) is 15.0. The standard InChI is InChI=1S/C11H8ClN5O3S/c1-6-10(21-16-14-6)11(18)15-13-5-7-4-8(17(19)20)2-3-9(7)12/h2-5H,1H3,(H,15,18). The lowest BCUT2D eigenvalue weighted by molar-refractivity contribution is -0.384. The van der Waals surface area contributed by atoms with Crippen molar-refractivity contribution in [1.29, 1.82) is 0 Å². The van der Waals surface area contributed by atoms with E-state index in [0.717, 1.165) is 11.5 Å². The third-order valence-electron chi connectivity index (χ3n) is 2.42. The van der Waals surface area contributed by atoms with Crippen molar-refractivity contribution in [3.63, 3.8) is 0 Å². The van der Waals surface area contributed by atoms with Crippen LogP contribution in [0.3, 0.4) is 0 Å². The molecule has 0 spiro atoms. The molecule has 1 heterocycles. The molecule has 0 saturated carbocycles. The molecule has 1 amide bonds. The summed E-state index contributed by atoms with van der Waals surface area (Å²) in [6, 6.07) is 3.93. The Bertz CT molecular complexity index is 730.